The lowest BCUT2D eigenvalue weighted by atomic mass is 9.77. The molecule has 0 fully saturated rings. The first kappa shape index (κ1) is 13.1. The minimum Gasteiger partial charge on any atom is -0.508 e. The van der Waals surface area contributed by atoms with Gasteiger partial charge in [-0.3, -0.25) is 0 Å². The van der Waals surface area contributed by atoms with Gasteiger partial charge >= 0.3 is 0 Å². The lowest BCUT2D eigenvalue weighted by Gasteiger charge is -2.27. The van der Waals surface area contributed by atoms with E-state index in [4.69, 9.17) is 0 Å². The van der Waals surface area contributed by atoms with Crippen molar-refractivity contribution in [3.8, 4) is 23.0 Å². The molecule has 19 heavy (non-hydrogen) atoms. The number of benzene rings is 2. The van der Waals surface area contributed by atoms with E-state index in [1.807, 2.05) is 19.9 Å². The smallest absolute Gasteiger partial charge is 0.161 e. The molecule has 4 nitrogen and oxygen atoms in total. The highest BCUT2D eigenvalue weighted by Gasteiger charge is 2.27. The summed E-state index contributed by atoms with van der Waals surface area (Å²) in [7, 11) is 0. The van der Waals surface area contributed by atoms with Crippen molar-refractivity contribution in [3.63, 3.8) is 0 Å². The second-order valence-electron chi connectivity index (χ2n) is 5.03. The average molecular weight is 260 g/mol. The Hall–Kier alpha value is -2.36. The Morgan fingerprint density at radius 3 is 2.05 bits per heavy atom. The van der Waals surface area contributed by atoms with Gasteiger partial charge < -0.3 is 20.4 Å². The van der Waals surface area contributed by atoms with Gasteiger partial charge in [-0.05, 0) is 23.8 Å². The second kappa shape index (κ2) is 4.39. The zero-order valence-corrected chi connectivity index (χ0v) is 10.8. The van der Waals surface area contributed by atoms with Crippen molar-refractivity contribution in [3.05, 3.63) is 47.5 Å². The molecule has 0 aliphatic carbocycles. The molecule has 0 saturated carbocycles. The number of phenolic OH excluding ortho intramolecular Hbond substituents is 4. The van der Waals surface area contributed by atoms with Crippen LogP contribution in [-0.4, -0.2) is 20.4 Å². The fourth-order valence-electron chi connectivity index (χ4n) is 2.12. The van der Waals surface area contributed by atoms with Gasteiger partial charge in [-0.2, -0.15) is 0 Å². The molecule has 0 spiro atoms. The third kappa shape index (κ3) is 2.29. The number of hydrogen-bond acceptors (Lipinski definition) is 4. The van der Waals surface area contributed by atoms with E-state index >= 15 is 0 Å². The number of hydrogen-bond donors (Lipinski definition) is 4. The summed E-state index contributed by atoms with van der Waals surface area (Å²) in [5, 5.41) is 38.4. The van der Waals surface area contributed by atoms with E-state index in [9.17, 15) is 20.4 Å². The van der Waals surface area contributed by atoms with Gasteiger partial charge in [-0.1, -0.05) is 26.0 Å². The van der Waals surface area contributed by atoms with E-state index < -0.39 is 5.41 Å². The Bertz CT molecular complexity index is 618. The van der Waals surface area contributed by atoms with Crippen LogP contribution in [0.15, 0.2) is 36.4 Å². The predicted octanol–water partition coefficient (Wildman–Crippen LogP) is 2.83. The van der Waals surface area contributed by atoms with Gasteiger partial charge in [0, 0.05) is 17.0 Å². The topological polar surface area (TPSA) is 80.9 Å². The van der Waals surface area contributed by atoms with Crippen LogP contribution >= 0.6 is 0 Å². The fraction of sp³-hybridized carbons (Fsp3) is 0.200. The third-order valence-electron chi connectivity index (χ3n) is 3.33. The van der Waals surface area contributed by atoms with Crippen LogP contribution in [0.1, 0.15) is 25.0 Å². The first-order valence-electron chi connectivity index (χ1n) is 5.87. The van der Waals surface area contributed by atoms with Crippen LogP contribution in [0.3, 0.4) is 0 Å². The summed E-state index contributed by atoms with van der Waals surface area (Å²) in [4.78, 5) is 0. The van der Waals surface area contributed by atoms with Crippen LogP contribution in [0.5, 0.6) is 23.0 Å². The van der Waals surface area contributed by atoms with Crippen molar-refractivity contribution >= 4 is 0 Å². The van der Waals surface area contributed by atoms with Crippen molar-refractivity contribution in [2.45, 2.75) is 19.3 Å². The molecule has 0 aliphatic rings. The van der Waals surface area contributed by atoms with Gasteiger partial charge in [0.15, 0.2) is 11.5 Å². The van der Waals surface area contributed by atoms with E-state index in [-0.39, 0.29) is 23.0 Å². The summed E-state index contributed by atoms with van der Waals surface area (Å²) in [5.41, 5.74) is 0.620. The standard InChI is InChI=1S/C15H16O4/c1-15(2,9-4-3-5-10(16)6-9)11-7-13(18)14(19)8-12(11)17/h3-8,16-19H,1-2H3. The molecule has 0 bridgehead atoms. The van der Waals surface area contributed by atoms with Gasteiger partial charge in [0.2, 0.25) is 0 Å². The molecule has 0 amide bonds. The molecular weight excluding hydrogens is 244 g/mol. The van der Waals surface area contributed by atoms with Crippen LogP contribution in [-0.2, 0) is 5.41 Å². The molecule has 4 heteroatoms. The molecule has 4 N–H and O–H groups in total. The molecule has 0 unspecified atom stereocenters. The van der Waals surface area contributed by atoms with Crippen LogP contribution in [0, 0.1) is 0 Å². The van der Waals surface area contributed by atoms with Crippen LogP contribution in [0.25, 0.3) is 0 Å². The molecule has 0 atom stereocenters. The summed E-state index contributed by atoms with van der Waals surface area (Å²) >= 11 is 0. The number of phenols is 4. The van der Waals surface area contributed by atoms with Crippen LogP contribution in [0.4, 0.5) is 0 Å². The summed E-state index contributed by atoms with van der Waals surface area (Å²) in [6.45, 7) is 3.71. The van der Waals surface area contributed by atoms with Crippen LogP contribution < -0.4 is 0 Å². The second-order valence-corrected chi connectivity index (χ2v) is 5.03. The average Bonchev–Trinajstić information content (AvgIpc) is 2.33. The Morgan fingerprint density at radius 2 is 1.42 bits per heavy atom. The van der Waals surface area contributed by atoms with E-state index in [2.05, 4.69) is 0 Å². The zero-order valence-electron chi connectivity index (χ0n) is 10.8. The third-order valence-corrected chi connectivity index (χ3v) is 3.33. The van der Waals surface area contributed by atoms with E-state index in [1.165, 1.54) is 6.07 Å². The summed E-state index contributed by atoms with van der Waals surface area (Å²) in [6.07, 6.45) is 0. The quantitative estimate of drug-likeness (QED) is 0.494. The van der Waals surface area contributed by atoms with E-state index in [0.29, 0.717) is 5.56 Å². The molecule has 100 valence electrons. The maximum absolute atomic E-state index is 9.95. The number of rotatable bonds is 2. The summed E-state index contributed by atoms with van der Waals surface area (Å²) in [5.74, 6) is -0.634. The maximum atomic E-state index is 9.95. The molecule has 0 aliphatic heterocycles. The van der Waals surface area contributed by atoms with Crippen molar-refractivity contribution < 1.29 is 20.4 Å². The van der Waals surface area contributed by atoms with Crippen molar-refractivity contribution in [1.82, 2.24) is 0 Å². The predicted molar refractivity (Wildman–Crippen MR) is 71.7 cm³/mol. The van der Waals surface area contributed by atoms with Gasteiger partial charge in [-0.15, -0.1) is 0 Å². The van der Waals surface area contributed by atoms with Gasteiger partial charge in [0.25, 0.3) is 0 Å². The van der Waals surface area contributed by atoms with Crippen molar-refractivity contribution in [2.75, 3.05) is 0 Å². The number of aromatic hydroxyl groups is 4. The summed E-state index contributed by atoms with van der Waals surface area (Å²) < 4.78 is 0. The van der Waals surface area contributed by atoms with E-state index in [0.717, 1.165) is 11.6 Å². The molecule has 0 saturated heterocycles. The molecule has 2 rings (SSSR count). The minimum atomic E-state index is -0.631. The normalized spacial score (nSPS) is 11.5. The Morgan fingerprint density at radius 1 is 0.789 bits per heavy atom. The van der Waals surface area contributed by atoms with E-state index in [1.54, 1.807) is 18.2 Å². The molecule has 2 aromatic rings. The van der Waals surface area contributed by atoms with Crippen molar-refractivity contribution in [1.29, 1.82) is 0 Å². The Balaban J connectivity index is 2.59. The Kier molecular flexibility index (Phi) is 3.02. The molecule has 0 radical (unpaired) electrons. The zero-order chi connectivity index (χ0) is 14.2. The lowest BCUT2D eigenvalue weighted by Crippen LogP contribution is -2.18. The highest BCUT2D eigenvalue weighted by molar-refractivity contribution is 5.54. The largest absolute Gasteiger partial charge is 0.508 e. The summed E-state index contributed by atoms with van der Waals surface area (Å²) in [6, 6.07) is 9.13. The highest BCUT2D eigenvalue weighted by Crippen LogP contribution is 2.42. The minimum absolute atomic E-state index is 0.108. The molecule has 0 heterocycles. The Labute approximate surface area is 111 Å². The van der Waals surface area contributed by atoms with Gasteiger partial charge in [-0.25, -0.2) is 0 Å². The van der Waals surface area contributed by atoms with Gasteiger partial charge in [0.05, 0.1) is 0 Å². The lowest BCUT2D eigenvalue weighted by molar-refractivity contribution is 0.390. The highest BCUT2D eigenvalue weighted by atomic mass is 16.3. The van der Waals surface area contributed by atoms with Crippen LogP contribution in [0.2, 0.25) is 0 Å². The fourth-order valence-corrected chi connectivity index (χ4v) is 2.12. The molecule has 2 aromatic carbocycles. The van der Waals surface area contributed by atoms with Crippen molar-refractivity contribution in [2.24, 2.45) is 0 Å². The first-order valence-corrected chi connectivity index (χ1v) is 5.87. The monoisotopic (exact) mass is 260 g/mol. The SMILES string of the molecule is CC(C)(c1cccc(O)c1)c1cc(O)c(O)cc1O. The molecule has 0 aromatic heterocycles. The first-order chi connectivity index (χ1) is 8.82. The van der Waals surface area contributed by atoms with Gasteiger partial charge in [0.1, 0.15) is 11.5 Å². The maximum Gasteiger partial charge on any atom is 0.161 e. The molecular formula is C15H16O4.